The SMILES string of the molecule is CC1C(=O)NC(C)(C2CC2)C(=O)N1Cc1cccc(F)c1. The standard InChI is InChI=1S/C16H19FN2O2/c1-10-14(20)18-16(2,12-6-7-12)15(21)19(10)9-11-4-3-5-13(17)8-11/h3-5,8,10,12H,6-7,9H2,1-2H3,(H,18,20). The average Bonchev–Trinajstić information content (AvgIpc) is 3.26. The maximum Gasteiger partial charge on any atom is 0.249 e. The lowest BCUT2D eigenvalue weighted by atomic mass is 9.89. The zero-order chi connectivity index (χ0) is 15.2. The van der Waals surface area contributed by atoms with Crippen molar-refractivity contribution >= 4 is 11.8 Å². The van der Waals surface area contributed by atoms with Gasteiger partial charge in [-0.2, -0.15) is 0 Å². The second kappa shape index (κ2) is 4.83. The summed E-state index contributed by atoms with van der Waals surface area (Å²) in [5.74, 6) is -0.322. The number of nitrogens with zero attached hydrogens (tertiary/aromatic N) is 1. The van der Waals surface area contributed by atoms with Gasteiger partial charge in [-0.05, 0) is 50.3 Å². The van der Waals surface area contributed by atoms with Gasteiger partial charge in [0, 0.05) is 6.54 Å². The normalized spacial score (nSPS) is 29.5. The minimum absolute atomic E-state index is 0.0682. The van der Waals surface area contributed by atoms with Crippen LogP contribution in [0.25, 0.3) is 0 Å². The maximum absolute atomic E-state index is 13.3. The number of carbonyl (C=O) groups is 2. The molecule has 2 aliphatic rings. The molecule has 1 saturated heterocycles. The van der Waals surface area contributed by atoms with E-state index in [0.717, 1.165) is 12.8 Å². The first-order valence-corrected chi connectivity index (χ1v) is 7.29. The Morgan fingerprint density at radius 2 is 2.10 bits per heavy atom. The van der Waals surface area contributed by atoms with Gasteiger partial charge >= 0.3 is 0 Å². The molecule has 112 valence electrons. The Balaban J connectivity index is 1.87. The Bertz CT molecular complexity index is 600. The molecule has 2 amide bonds. The summed E-state index contributed by atoms with van der Waals surface area (Å²) in [7, 11) is 0. The summed E-state index contributed by atoms with van der Waals surface area (Å²) in [5.41, 5.74) is -0.111. The predicted octanol–water partition coefficient (Wildman–Crippen LogP) is 1.84. The van der Waals surface area contributed by atoms with E-state index in [1.807, 2.05) is 0 Å². The maximum atomic E-state index is 13.3. The fourth-order valence-electron chi connectivity index (χ4n) is 3.01. The van der Waals surface area contributed by atoms with Crippen LogP contribution in [0.2, 0.25) is 0 Å². The van der Waals surface area contributed by atoms with Crippen LogP contribution in [-0.2, 0) is 16.1 Å². The van der Waals surface area contributed by atoms with Crippen molar-refractivity contribution in [3.63, 3.8) is 0 Å². The van der Waals surface area contributed by atoms with Gasteiger partial charge in [-0.15, -0.1) is 0 Å². The number of hydrogen-bond donors (Lipinski definition) is 1. The molecule has 1 aromatic rings. The van der Waals surface area contributed by atoms with Crippen LogP contribution in [0.4, 0.5) is 4.39 Å². The van der Waals surface area contributed by atoms with Crippen LogP contribution in [-0.4, -0.2) is 28.3 Å². The molecule has 1 saturated carbocycles. The van der Waals surface area contributed by atoms with Crippen molar-refractivity contribution in [3.05, 3.63) is 35.6 Å². The number of benzene rings is 1. The van der Waals surface area contributed by atoms with E-state index in [0.29, 0.717) is 5.56 Å². The Kier molecular flexibility index (Phi) is 3.23. The molecule has 3 rings (SSSR count). The van der Waals surface area contributed by atoms with Crippen LogP contribution < -0.4 is 5.32 Å². The van der Waals surface area contributed by atoms with Gasteiger partial charge in [0.1, 0.15) is 17.4 Å². The quantitative estimate of drug-likeness (QED) is 0.923. The van der Waals surface area contributed by atoms with Crippen molar-refractivity contribution in [1.82, 2.24) is 10.2 Å². The van der Waals surface area contributed by atoms with Crippen LogP contribution in [0.1, 0.15) is 32.3 Å². The minimum Gasteiger partial charge on any atom is -0.340 e. The Morgan fingerprint density at radius 3 is 2.71 bits per heavy atom. The third-order valence-corrected chi connectivity index (χ3v) is 4.57. The molecular weight excluding hydrogens is 271 g/mol. The van der Waals surface area contributed by atoms with Crippen molar-refractivity contribution in [3.8, 4) is 0 Å². The van der Waals surface area contributed by atoms with E-state index in [9.17, 15) is 14.0 Å². The van der Waals surface area contributed by atoms with Crippen LogP contribution in [0.5, 0.6) is 0 Å². The zero-order valence-corrected chi connectivity index (χ0v) is 12.2. The van der Waals surface area contributed by atoms with Gasteiger partial charge in [-0.3, -0.25) is 9.59 Å². The fraction of sp³-hybridized carbons (Fsp3) is 0.500. The minimum atomic E-state index is -0.809. The second-order valence-corrected chi connectivity index (χ2v) is 6.20. The van der Waals surface area contributed by atoms with Crippen LogP contribution >= 0.6 is 0 Å². The lowest BCUT2D eigenvalue weighted by molar-refractivity contribution is -0.155. The van der Waals surface area contributed by atoms with Gasteiger partial charge < -0.3 is 10.2 Å². The second-order valence-electron chi connectivity index (χ2n) is 6.20. The predicted molar refractivity (Wildman–Crippen MR) is 75.7 cm³/mol. The third kappa shape index (κ3) is 2.41. The van der Waals surface area contributed by atoms with E-state index in [1.165, 1.54) is 12.1 Å². The highest BCUT2D eigenvalue weighted by molar-refractivity contribution is 5.99. The smallest absolute Gasteiger partial charge is 0.249 e. The molecule has 21 heavy (non-hydrogen) atoms. The summed E-state index contributed by atoms with van der Waals surface area (Å²) in [6, 6.07) is 5.62. The fourth-order valence-corrected chi connectivity index (χ4v) is 3.01. The molecule has 1 aliphatic heterocycles. The Hall–Kier alpha value is -1.91. The van der Waals surface area contributed by atoms with E-state index in [2.05, 4.69) is 5.32 Å². The highest BCUT2D eigenvalue weighted by Crippen LogP contribution is 2.42. The molecule has 2 fully saturated rings. The van der Waals surface area contributed by atoms with E-state index in [4.69, 9.17) is 0 Å². The zero-order valence-electron chi connectivity index (χ0n) is 12.2. The van der Waals surface area contributed by atoms with E-state index in [-0.39, 0.29) is 30.1 Å². The van der Waals surface area contributed by atoms with Gasteiger partial charge in [-0.25, -0.2) is 4.39 Å². The summed E-state index contributed by atoms with van der Waals surface area (Å²) in [5, 5.41) is 2.88. The van der Waals surface area contributed by atoms with Gasteiger partial charge in [0.2, 0.25) is 11.8 Å². The van der Waals surface area contributed by atoms with Gasteiger partial charge in [0.05, 0.1) is 0 Å². The van der Waals surface area contributed by atoms with Crippen molar-refractivity contribution in [2.75, 3.05) is 0 Å². The third-order valence-electron chi connectivity index (χ3n) is 4.57. The molecule has 1 N–H and O–H groups in total. The lowest BCUT2D eigenvalue weighted by Crippen LogP contribution is -2.69. The number of carbonyl (C=O) groups excluding carboxylic acids is 2. The lowest BCUT2D eigenvalue weighted by Gasteiger charge is -2.43. The molecule has 2 atom stereocenters. The molecule has 2 unspecified atom stereocenters. The Morgan fingerprint density at radius 1 is 1.38 bits per heavy atom. The summed E-state index contributed by atoms with van der Waals surface area (Å²) in [4.78, 5) is 26.5. The molecule has 1 aliphatic carbocycles. The molecule has 0 aromatic heterocycles. The van der Waals surface area contributed by atoms with Gasteiger partial charge in [0.25, 0.3) is 0 Å². The highest BCUT2D eigenvalue weighted by Gasteiger charge is 2.54. The summed E-state index contributed by atoms with van der Waals surface area (Å²) >= 11 is 0. The summed E-state index contributed by atoms with van der Waals surface area (Å²) < 4.78 is 13.3. The highest BCUT2D eigenvalue weighted by atomic mass is 19.1. The molecule has 0 radical (unpaired) electrons. The first-order valence-electron chi connectivity index (χ1n) is 7.29. The molecule has 5 heteroatoms. The number of piperazine rings is 1. The number of amides is 2. The number of rotatable bonds is 3. The molecule has 1 heterocycles. The molecular formula is C16H19FN2O2. The largest absolute Gasteiger partial charge is 0.340 e. The summed E-state index contributed by atoms with van der Waals surface area (Å²) in [6.45, 7) is 3.77. The Labute approximate surface area is 123 Å². The number of hydrogen-bond acceptors (Lipinski definition) is 2. The topological polar surface area (TPSA) is 49.4 Å². The van der Waals surface area contributed by atoms with E-state index < -0.39 is 11.6 Å². The molecule has 0 spiro atoms. The molecule has 4 nitrogen and oxygen atoms in total. The number of nitrogens with one attached hydrogen (secondary N) is 1. The van der Waals surface area contributed by atoms with Crippen molar-refractivity contribution < 1.29 is 14.0 Å². The van der Waals surface area contributed by atoms with E-state index in [1.54, 1.807) is 30.9 Å². The van der Waals surface area contributed by atoms with Crippen LogP contribution in [0.3, 0.4) is 0 Å². The van der Waals surface area contributed by atoms with E-state index >= 15 is 0 Å². The van der Waals surface area contributed by atoms with Crippen LogP contribution in [0.15, 0.2) is 24.3 Å². The first-order chi connectivity index (χ1) is 9.91. The van der Waals surface area contributed by atoms with Gasteiger partial charge in [0.15, 0.2) is 0 Å². The van der Waals surface area contributed by atoms with Crippen molar-refractivity contribution in [1.29, 1.82) is 0 Å². The molecule has 0 bridgehead atoms. The van der Waals surface area contributed by atoms with Crippen molar-refractivity contribution in [2.24, 2.45) is 5.92 Å². The monoisotopic (exact) mass is 290 g/mol. The first kappa shape index (κ1) is 14.0. The molecule has 1 aromatic carbocycles. The van der Waals surface area contributed by atoms with Crippen molar-refractivity contribution in [2.45, 2.75) is 44.8 Å². The van der Waals surface area contributed by atoms with Gasteiger partial charge in [-0.1, -0.05) is 12.1 Å². The summed E-state index contributed by atoms with van der Waals surface area (Å²) in [6.07, 6.45) is 1.93. The average molecular weight is 290 g/mol. The van der Waals surface area contributed by atoms with Crippen LogP contribution in [0, 0.1) is 11.7 Å². The number of halogens is 1.